The SMILES string of the molecule is Cc1cc(Cl)c(NC(=O)CC2CSC(=NC3CCCCC3)N2C)cc1Cl.Cl. The van der Waals surface area contributed by atoms with Crippen LogP contribution in [0.2, 0.25) is 10.0 Å². The number of nitrogens with one attached hydrogen (secondary N) is 1. The van der Waals surface area contributed by atoms with Gasteiger partial charge in [-0.1, -0.05) is 54.2 Å². The van der Waals surface area contributed by atoms with Crippen molar-refractivity contribution in [3.8, 4) is 0 Å². The topological polar surface area (TPSA) is 44.7 Å². The van der Waals surface area contributed by atoms with Gasteiger partial charge in [-0.3, -0.25) is 9.79 Å². The molecule has 2 fully saturated rings. The van der Waals surface area contributed by atoms with Crippen LogP contribution in [0.3, 0.4) is 0 Å². The van der Waals surface area contributed by atoms with Crippen LogP contribution >= 0.6 is 47.4 Å². The van der Waals surface area contributed by atoms with Crippen molar-refractivity contribution in [1.29, 1.82) is 0 Å². The summed E-state index contributed by atoms with van der Waals surface area (Å²) in [6.07, 6.45) is 6.68. The van der Waals surface area contributed by atoms with E-state index in [1.807, 2.05) is 14.0 Å². The second-order valence-corrected chi connectivity index (χ2v) is 8.91. The van der Waals surface area contributed by atoms with Gasteiger partial charge in [-0.2, -0.15) is 0 Å². The first-order valence-corrected chi connectivity index (χ1v) is 10.9. The maximum absolute atomic E-state index is 12.5. The number of aryl methyl sites for hydroxylation is 1. The Morgan fingerprint density at radius 3 is 2.67 bits per heavy atom. The van der Waals surface area contributed by atoms with E-state index in [0.717, 1.165) is 16.5 Å². The molecule has 1 aliphatic heterocycles. The number of nitrogens with zero attached hydrogens (tertiary/aromatic N) is 2. The Kier molecular flexibility index (Phi) is 8.60. The molecule has 1 atom stereocenters. The van der Waals surface area contributed by atoms with E-state index in [1.165, 1.54) is 32.1 Å². The van der Waals surface area contributed by atoms with Gasteiger partial charge in [0.05, 0.1) is 16.8 Å². The van der Waals surface area contributed by atoms with E-state index in [9.17, 15) is 4.79 Å². The largest absolute Gasteiger partial charge is 0.350 e. The van der Waals surface area contributed by atoms with Crippen LogP contribution in [0.5, 0.6) is 0 Å². The first kappa shape index (κ1) is 22.7. The molecule has 150 valence electrons. The van der Waals surface area contributed by atoms with E-state index in [1.54, 1.807) is 23.9 Å². The fourth-order valence-electron chi connectivity index (χ4n) is 3.39. The highest BCUT2D eigenvalue weighted by atomic mass is 35.5. The lowest BCUT2D eigenvalue weighted by atomic mass is 9.96. The highest BCUT2D eigenvalue weighted by Gasteiger charge is 2.30. The predicted molar refractivity (Wildman–Crippen MR) is 120 cm³/mol. The van der Waals surface area contributed by atoms with Gasteiger partial charge in [0, 0.05) is 30.3 Å². The molecule has 8 heteroatoms. The highest BCUT2D eigenvalue weighted by Crippen LogP contribution is 2.31. The lowest BCUT2D eigenvalue weighted by molar-refractivity contribution is -0.116. The van der Waals surface area contributed by atoms with Gasteiger partial charge in [0.2, 0.25) is 5.91 Å². The van der Waals surface area contributed by atoms with Gasteiger partial charge in [0.1, 0.15) is 0 Å². The van der Waals surface area contributed by atoms with E-state index in [-0.39, 0.29) is 24.4 Å². The second-order valence-electron chi connectivity index (χ2n) is 7.11. The van der Waals surface area contributed by atoms with Crippen molar-refractivity contribution in [1.82, 2.24) is 4.90 Å². The molecule has 1 aliphatic carbocycles. The molecule has 0 spiro atoms. The van der Waals surface area contributed by atoms with Gasteiger partial charge in [0.25, 0.3) is 0 Å². The molecule has 1 aromatic rings. The zero-order chi connectivity index (χ0) is 18.7. The van der Waals surface area contributed by atoms with Gasteiger partial charge in [-0.05, 0) is 37.5 Å². The van der Waals surface area contributed by atoms with Crippen LogP contribution in [0, 0.1) is 6.92 Å². The summed E-state index contributed by atoms with van der Waals surface area (Å²) in [5, 5.41) is 5.07. The van der Waals surface area contributed by atoms with Crippen LogP contribution in [-0.4, -0.2) is 40.9 Å². The number of amides is 1. The van der Waals surface area contributed by atoms with Gasteiger partial charge in [0.15, 0.2) is 5.17 Å². The standard InChI is InChI=1S/C19H25Cl2N3OS.ClH/c1-12-8-16(21)17(10-15(12)20)23-18(25)9-14-11-26-19(24(14)2)22-13-6-4-3-5-7-13;/h8,10,13-14H,3-7,9,11H2,1-2H3,(H,23,25);1H. The number of aliphatic imine (C=N–C) groups is 1. The molecule has 1 unspecified atom stereocenters. The van der Waals surface area contributed by atoms with Crippen molar-refractivity contribution in [3.05, 3.63) is 27.7 Å². The average Bonchev–Trinajstić information content (AvgIpc) is 2.94. The average molecular weight is 451 g/mol. The summed E-state index contributed by atoms with van der Waals surface area (Å²) in [7, 11) is 2.04. The summed E-state index contributed by atoms with van der Waals surface area (Å²) in [6, 6.07) is 4.09. The van der Waals surface area contributed by atoms with E-state index in [2.05, 4.69) is 10.2 Å². The van der Waals surface area contributed by atoms with E-state index in [0.29, 0.717) is 28.2 Å². The minimum atomic E-state index is -0.0526. The molecule has 1 aromatic carbocycles. The molecule has 1 amide bonds. The molecular weight excluding hydrogens is 425 g/mol. The number of thioether (sulfide) groups is 1. The number of hydrogen-bond acceptors (Lipinski definition) is 3. The Labute approximate surface area is 181 Å². The Morgan fingerprint density at radius 1 is 1.26 bits per heavy atom. The molecule has 1 N–H and O–H groups in total. The monoisotopic (exact) mass is 449 g/mol. The van der Waals surface area contributed by atoms with Gasteiger partial charge < -0.3 is 10.2 Å². The van der Waals surface area contributed by atoms with Crippen molar-refractivity contribution in [2.24, 2.45) is 4.99 Å². The third kappa shape index (κ3) is 5.93. The lowest BCUT2D eigenvalue weighted by Crippen LogP contribution is -2.34. The smallest absolute Gasteiger partial charge is 0.226 e. The summed E-state index contributed by atoms with van der Waals surface area (Å²) in [5.74, 6) is 0.834. The van der Waals surface area contributed by atoms with Crippen molar-refractivity contribution < 1.29 is 4.79 Å². The number of benzene rings is 1. The molecule has 0 bridgehead atoms. The quantitative estimate of drug-likeness (QED) is 0.631. The van der Waals surface area contributed by atoms with Crippen LogP contribution in [0.4, 0.5) is 5.69 Å². The third-order valence-electron chi connectivity index (χ3n) is 5.07. The first-order valence-electron chi connectivity index (χ1n) is 9.13. The number of amidine groups is 1. The molecule has 1 saturated heterocycles. The summed E-state index contributed by atoms with van der Waals surface area (Å²) in [4.78, 5) is 19.6. The highest BCUT2D eigenvalue weighted by molar-refractivity contribution is 8.14. The Bertz CT molecular complexity index is 708. The molecule has 27 heavy (non-hydrogen) atoms. The minimum Gasteiger partial charge on any atom is -0.350 e. The first-order chi connectivity index (χ1) is 12.4. The fourth-order valence-corrected chi connectivity index (χ4v) is 5.08. The minimum absolute atomic E-state index is 0. The van der Waals surface area contributed by atoms with Crippen LogP contribution in [0.15, 0.2) is 17.1 Å². The predicted octanol–water partition coefficient (Wildman–Crippen LogP) is 5.79. The Morgan fingerprint density at radius 2 is 1.96 bits per heavy atom. The number of carbonyl (C=O) groups is 1. The van der Waals surface area contributed by atoms with E-state index < -0.39 is 0 Å². The zero-order valence-corrected chi connectivity index (χ0v) is 18.8. The molecule has 1 saturated carbocycles. The van der Waals surface area contributed by atoms with Crippen molar-refractivity contribution >= 4 is 64.1 Å². The summed E-state index contributed by atoms with van der Waals surface area (Å²) >= 11 is 14.1. The molecule has 1 heterocycles. The lowest BCUT2D eigenvalue weighted by Gasteiger charge is -2.23. The van der Waals surface area contributed by atoms with Crippen molar-refractivity contribution in [2.45, 2.75) is 57.5 Å². The summed E-state index contributed by atoms with van der Waals surface area (Å²) in [5.41, 5.74) is 1.46. The van der Waals surface area contributed by atoms with Crippen molar-refractivity contribution in [3.63, 3.8) is 0 Å². The molecule has 3 rings (SSSR count). The van der Waals surface area contributed by atoms with E-state index >= 15 is 0 Å². The van der Waals surface area contributed by atoms with E-state index in [4.69, 9.17) is 28.2 Å². The Hall–Kier alpha value is -0.620. The molecule has 4 nitrogen and oxygen atoms in total. The molecule has 0 aromatic heterocycles. The maximum atomic E-state index is 12.5. The normalized spacial score (nSPS) is 22.0. The van der Waals surface area contributed by atoms with Gasteiger partial charge >= 0.3 is 0 Å². The van der Waals surface area contributed by atoms with Gasteiger partial charge in [-0.25, -0.2) is 0 Å². The van der Waals surface area contributed by atoms with Crippen LogP contribution in [0.25, 0.3) is 0 Å². The number of rotatable bonds is 4. The molecular formula is C19H26Cl3N3OS. The second kappa shape index (κ2) is 10.2. The van der Waals surface area contributed by atoms with Gasteiger partial charge in [-0.15, -0.1) is 12.4 Å². The number of anilines is 1. The van der Waals surface area contributed by atoms with Crippen molar-refractivity contribution in [2.75, 3.05) is 18.1 Å². The third-order valence-corrected chi connectivity index (χ3v) is 6.99. The zero-order valence-electron chi connectivity index (χ0n) is 15.6. The fraction of sp³-hybridized carbons (Fsp3) is 0.579. The van der Waals surface area contributed by atoms with Crippen LogP contribution < -0.4 is 5.32 Å². The number of carbonyl (C=O) groups excluding carboxylic acids is 1. The Balaban J connectivity index is 0.00000261. The number of hydrogen-bond donors (Lipinski definition) is 1. The maximum Gasteiger partial charge on any atom is 0.226 e. The number of halogens is 3. The summed E-state index contributed by atoms with van der Waals surface area (Å²) in [6.45, 7) is 1.89. The molecule has 2 aliphatic rings. The van der Waals surface area contributed by atoms with Crippen LogP contribution in [-0.2, 0) is 4.79 Å². The summed E-state index contributed by atoms with van der Waals surface area (Å²) < 4.78 is 0. The van der Waals surface area contributed by atoms with Crippen LogP contribution in [0.1, 0.15) is 44.1 Å². The molecule has 0 radical (unpaired) electrons.